The first-order valence-corrected chi connectivity index (χ1v) is 7.03. The molecule has 2 unspecified atom stereocenters. The molecule has 2 rings (SSSR count). The molecule has 1 fully saturated rings. The highest BCUT2D eigenvalue weighted by molar-refractivity contribution is 6.08. The van der Waals surface area contributed by atoms with Gasteiger partial charge in [0.1, 0.15) is 17.9 Å². The van der Waals surface area contributed by atoms with Gasteiger partial charge >= 0.3 is 0 Å². The maximum atomic E-state index is 13.8. The zero-order valence-electron chi connectivity index (χ0n) is 13.0. The summed E-state index contributed by atoms with van der Waals surface area (Å²) in [7, 11) is 0. The molecule has 1 aliphatic heterocycles. The lowest BCUT2D eigenvalue weighted by Crippen LogP contribution is -2.66. The van der Waals surface area contributed by atoms with Crippen molar-refractivity contribution in [3.63, 3.8) is 0 Å². The second-order valence-electron chi connectivity index (χ2n) is 6.58. The topological polar surface area (TPSA) is 49.4 Å². The van der Waals surface area contributed by atoms with E-state index in [2.05, 4.69) is 5.32 Å². The molecule has 0 radical (unpaired) electrons. The fraction of sp³-hybridized carbons (Fsp3) is 0.500. The number of hydrogen-bond acceptors (Lipinski definition) is 2. The summed E-state index contributed by atoms with van der Waals surface area (Å²) in [5.41, 5.74) is 0.420. The maximum absolute atomic E-state index is 13.8. The van der Waals surface area contributed by atoms with Crippen LogP contribution in [0.25, 0.3) is 0 Å². The normalized spacial score (nSPS) is 23.2. The van der Waals surface area contributed by atoms with Crippen molar-refractivity contribution in [2.24, 2.45) is 5.41 Å². The van der Waals surface area contributed by atoms with Crippen LogP contribution in [-0.2, 0) is 9.59 Å². The average Bonchev–Trinajstić information content (AvgIpc) is 2.37. The molecule has 2 atom stereocenters. The van der Waals surface area contributed by atoms with Crippen LogP contribution in [0, 0.1) is 18.2 Å². The van der Waals surface area contributed by atoms with Crippen LogP contribution in [0.4, 0.5) is 10.1 Å². The Morgan fingerprint density at radius 2 is 1.86 bits per heavy atom. The van der Waals surface area contributed by atoms with E-state index in [1.807, 2.05) is 20.8 Å². The summed E-state index contributed by atoms with van der Waals surface area (Å²) in [5, 5.41) is 2.77. The Morgan fingerprint density at radius 1 is 1.24 bits per heavy atom. The fourth-order valence-electron chi connectivity index (χ4n) is 2.54. The van der Waals surface area contributed by atoms with Crippen LogP contribution < -0.4 is 10.2 Å². The van der Waals surface area contributed by atoms with Crippen molar-refractivity contribution in [2.75, 3.05) is 4.90 Å². The molecule has 0 aliphatic carbocycles. The lowest BCUT2D eigenvalue weighted by Gasteiger charge is -2.42. The predicted molar refractivity (Wildman–Crippen MR) is 79.5 cm³/mol. The average molecular weight is 292 g/mol. The molecular formula is C16H21FN2O2. The highest BCUT2D eigenvalue weighted by atomic mass is 19.1. The van der Waals surface area contributed by atoms with Crippen LogP contribution in [0.15, 0.2) is 18.2 Å². The Kier molecular flexibility index (Phi) is 3.78. The Balaban J connectivity index is 2.51. The van der Waals surface area contributed by atoms with Crippen molar-refractivity contribution in [2.45, 2.75) is 46.7 Å². The van der Waals surface area contributed by atoms with E-state index in [1.54, 1.807) is 26.0 Å². The first kappa shape index (κ1) is 15.5. The molecule has 1 aromatic rings. The fourth-order valence-corrected chi connectivity index (χ4v) is 2.54. The number of halogens is 1. The van der Waals surface area contributed by atoms with Crippen molar-refractivity contribution in [1.29, 1.82) is 0 Å². The molecule has 2 amide bonds. The minimum absolute atomic E-state index is 0.205. The molecule has 0 spiro atoms. The molecular weight excluding hydrogens is 271 g/mol. The number of rotatable bonds is 1. The standard InChI is InChI=1S/C16H21FN2O2/c1-9-11(17)7-6-8-12(9)19-10(2)14(20)18-13(15(19)21)16(3,4)5/h6-8,10,13H,1-5H3,(H,18,20). The van der Waals surface area contributed by atoms with Crippen molar-refractivity contribution in [1.82, 2.24) is 5.32 Å². The number of piperazine rings is 1. The Labute approximate surface area is 124 Å². The van der Waals surface area contributed by atoms with Gasteiger partial charge in [0.25, 0.3) is 5.91 Å². The van der Waals surface area contributed by atoms with E-state index in [9.17, 15) is 14.0 Å². The number of anilines is 1. The van der Waals surface area contributed by atoms with E-state index >= 15 is 0 Å². The van der Waals surface area contributed by atoms with Crippen LogP contribution in [0.3, 0.4) is 0 Å². The van der Waals surface area contributed by atoms with E-state index in [0.29, 0.717) is 11.3 Å². The molecule has 114 valence electrons. The number of nitrogens with zero attached hydrogens (tertiary/aromatic N) is 1. The highest BCUT2D eigenvalue weighted by Gasteiger charge is 2.44. The molecule has 0 saturated carbocycles. The van der Waals surface area contributed by atoms with Crippen LogP contribution in [0.1, 0.15) is 33.3 Å². The monoisotopic (exact) mass is 292 g/mol. The first-order chi connectivity index (χ1) is 9.64. The van der Waals surface area contributed by atoms with Gasteiger partial charge in [0.05, 0.1) is 5.69 Å². The lowest BCUT2D eigenvalue weighted by atomic mass is 9.83. The van der Waals surface area contributed by atoms with Crippen molar-refractivity contribution in [3.05, 3.63) is 29.6 Å². The number of hydrogen-bond donors (Lipinski definition) is 1. The first-order valence-electron chi connectivity index (χ1n) is 7.03. The molecule has 1 N–H and O–H groups in total. The van der Waals surface area contributed by atoms with Gasteiger partial charge in [0.2, 0.25) is 5.91 Å². The molecule has 4 nitrogen and oxygen atoms in total. The van der Waals surface area contributed by atoms with Gasteiger partial charge in [-0.25, -0.2) is 4.39 Å². The highest BCUT2D eigenvalue weighted by Crippen LogP contribution is 2.31. The molecule has 0 aromatic heterocycles. The molecule has 21 heavy (non-hydrogen) atoms. The minimum Gasteiger partial charge on any atom is -0.342 e. The third-order valence-corrected chi connectivity index (χ3v) is 3.90. The third-order valence-electron chi connectivity index (χ3n) is 3.90. The Hall–Kier alpha value is -1.91. The van der Waals surface area contributed by atoms with Crippen LogP contribution in [0.2, 0.25) is 0 Å². The summed E-state index contributed by atoms with van der Waals surface area (Å²) >= 11 is 0. The van der Waals surface area contributed by atoms with Crippen LogP contribution in [-0.4, -0.2) is 23.9 Å². The maximum Gasteiger partial charge on any atom is 0.250 e. The van der Waals surface area contributed by atoms with Crippen molar-refractivity contribution < 1.29 is 14.0 Å². The SMILES string of the molecule is Cc1c(F)cccc1N1C(=O)C(C(C)(C)C)NC(=O)C1C. The minimum atomic E-state index is -0.656. The second-order valence-corrected chi connectivity index (χ2v) is 6.58. The quantitative estimate of drug-likeness (QED) is 0.864. The number of carbonyl (C=O) groups is 2. The summed E-state index contributed by atoms with van der Waals surface area (Å²) in [6.45, 7) is 8.94. The van der Waals surface area contributed by atoms with E-state index in [-0.39, 0.29) is 17.6 Å². The Bertz CT molecular complexity index is 592. The van der Waals surface area contributed by atoms with Gasteiger partial charge < -0.3 is 5.32 Å². The zero-order valence-corrected chi connectivity index (χ0v) is 13.0. The molecule has 1 aromatic carbocycles. The molecule has 5 heteroatoms. The third kappa shape index (κ3) is 2.64. The van der Waals surface area contributed by atoms with Gasteiger partial charge in [0.15, 0.2) is 0 Å². The number of carbonyl (C=O) groups excluding carboxylic acids is 2. The van der Waals surface area contributed by atoms with Gasteiger partial charge in [0, 0.05) is 5.56 Å². The van der Waals surface area contributed by atoms with Crippen LogP contribution in [0.5, 0.6) is 0 Å². The molecule has 1 heterocycles. The second kappa shape index (κ2) is 5.13. The summed E-state index contributed by atoms with van der Waals surface area (Å²) in [6.07, 6.45) is 0. The summed E-state index contributed by atoms with van der Waals surface area (Å²) < 4.78 is 13.8. The van der Waals surface area contributed by atoms with Crippen molar-refractivity contribution in [3.8, 4) is 0 Å². The van der Waals surface area contributed by atoms with E-state index in [4.69, 9.17) is 0 Å². The van der Waals surface area contributed by atoms with E-state index < -0.39 is 17.5 Å². The van der Waals surface area contributed by atoms with Gasteiger partial charge in [-0.15, -0.1) is 0 Å². The van der Waals surface area contributed by atoms with Gasteiger partial charge in [-0.2, -0.15) is 0 Å². The van der Waals surface area contributed by atoms with E-state index in [1.165, 1.54) is 11.0 Å². The lowest BCUT2D eigenvalue weighted by molar-refractivity contribution is -0.136. The van der Waals surface area contributed by atoms with Crippen molar-refractivity contribution >= 4 is 17.5 Å². The Morgan fingerprint density at radius 3 is 2.43 bits per heavy atom. The summed E-state index contributed by atoms with van der Waals surface area (Å²) in [6, 6.07) is 3.29. The number of nitrogens with one attached hydrogen (secondary N) is 1. The smallest absolute Gasteiger partial charge is 0.250 e. The van der Waals surface area contributed by atoms with Gasteiger partial charge in [-0.3, -0.25) is 14.5 Å². The predicted octanol–water partition coefficient (Wildman–Crippen LogP) is 2.40. The summed E-state index contributed by atoms with van der Waals surface area (Å²) in [5.74, 6) is -0.813. The number of amides is 2. The zero-order chi connectivity index (χ0) is 15.9. The van der Waals surface area contributed by atoms with E-state index in [0.717, 1.165) is 0 Å². The molecule has 1 aliphatic rings. The van der Waals surface area contributed by atoms with Gasteiger partial charge in [-0.05, 0) is 31.4 Å². The summed E-state index contributed by atoms with van der Waals surface area (Å²) in [4.78, 5) is 26.4. The largest absolute Gasteiger partial charge is 0.342 e. The molecule has 0 bridgehead atoms. The number of benzene rings is 1. The molecule has 1 saturated heterocycles. The van der Waals surface area contributed by atoms with Crippen LogP contribution >= 0.6 is 0 Å². The van der Waals surface area contributed by atoms with Gasteiger partial charge in [-0.1, -0.05) is 26.8 Å².